The van der Waals surface area contributed by atoms with E-state index in [2.05, 4.69) is 35.3 Å². The molecular formula is C20H22F2N2O. The Kier molecular flexibility index (Phi) is 4.44. The van der Waals surface area contributed by atoms with Crippen LogP contribution in [0.4, 0.5) is 8.78 Å². The highest BCUT2D eigenvalue weighted by molar-refractivity contribution is 5.40. The van der Waals surface area contributed by atoms with Crippen LogP contribution in [-0.2, 0) is 0 Å². The van der Waals surface area contributed by atoms with E-state index in [9.17, 15) is 8.78 Å². The normalized spacial score (nSPS) is 23.8. The van der Waals surface area contributed by atoms with Crippen molar-refractivity contribution in [1.29, 1.82) is 0 Å². The van der Waals surface area contributed by atoms with E-state index in [1.807, 2.05) is 6.07 Å². The number of halogens is 2. The first kappa shape index (κ1) is 16.5. The summed E-state index contributed by atoms with van der Waals surface area (Å²) in [6.07, 6.45) is 0.746. The third-order valence-electron chi connectivity index (χ3n) is 5.25. The molecule has 1 N–H and O–H groups in total. The Labute approximate surface area is 146 Å². The van der Waals surface area contributed by atoms with Crippen molar-refractivity contribution >= 4 is 0 Å². The first-order valence-corrected chi connectivity index (χ1v) is 8.78. The van der Waals surface area contributed by atoms with Crippen molar-refractivity contribution in [2.45, 2.75) is 25.4 Å². The zero-order valence-electron chi connectivity index (χ0n) is 14.3. The van der Waals surface area contributed by atoms with Gasteiger partial charge in [0, 0.05) is 49.8 Å². The highest BCUT2D eigenvalue weighted by atomic mass is 19.1. The van der Waals surface area contributed by atoms with Crippen LogP contribution in [0.3, 0.4) is 0 Å². The van der Waals surface area contributed by atoms with Crippen molar-refractivity contribution < 1.29 is 13.5 Å². The molecule has 2 aliphatic rings. The predicted octanol–water partition coefficient (Wildman–Crippen LogP) is 3.74. The summed E-state index contributed by atoms with van der Waals surface area (Å²) < 4.78 is 33.3. The Morgan fingerprint density at radius 2 is 2.00 bits per heavy atom. The number of benzene rings is 2. The predicted molar refractivity (Wildman–Crippen MR) is 92.7 cm³/mol. The number of piperazine rings is 1. The molecule has 0 aromatic heterocycles. The minimum Gasteiger partial charge on any atom is -0.490 e. The van der Waals surface area contributed by atoms with Gasteiger partial charge < -0.3 is 10.1 Å². The number of ether oxygens (including phenoxy) is 1. The summed E-state index contributed by atoms with van der Waals surface area (Å²) in [5, 5.41) is 3.57. The lowest BCUT2D eigenvalue weighted by molar-refractivity contribution is 0.104. The van der Waals surface area contributed by atoms with Crippen LogP contribution < -0.4 is 10.1 Å². The molecule has 4 rings (SSSR count). The second-order valence-corrected chi connectivity index (χ2v) is 6.82. The molecule has 1 saturated heterocycles. The molecule has 2 heterocycles. The van der Waals surface area contributed by atoms with E-state index >= 15 is 0 Å². The fourth-order valence-electron chi connectivity index (χ4n) is 4.03. The van der Waals surface area contributed by atoms with E-state index in [1.54, 1.807) is 0 Å². The molecule has 0 aliphatic carbocycles. The highest BCUT2D eigenvalue weighted by Crippen LogP contribution is 2.39. The fourth-order valence-corrected chi connectivity index (χ4v) is 4.03. The van der Waals surface area contributed by atoms with Crippen LogP contribution in [0.2, 0.25) is 0 Å². The standard InChI is InChI=1S/C20H22F2N2O/c1-13-4-2-3-5-15(13)18-12-24(8-7-23-18)19-6-9-25-20-16(19)10-14(21)11-17(20)22/h2-5,10-11,18-19,23H,6-9,12H2,1H3/t18-,19-/m0/s1. The number of hydrogen-bond donors (Lipinski definition) is 1. The molecule has 25 heavy (non-hydrogen) atoms. The van der Waals surface area contributed by atoms with Gasteiger partial charge in [0.2, 0.25) is 0 Å². The topological polar surface area (TPSA) is 24.5 Å². The minimum atomic E-state index is -0.606. The molecule has 5 heteroatoms. The Bertz CT molecular complexity index is 780. The zero-order chi connectivity index (χ0) is 17.4. The van der Waals surface area contributed by atoms with E-state index in [-0.39, 0.29) is 17.8 Å². The summed E-state index contributed by atoms with van der Waals surface area (Å²) in [5.41, 5.74) is 3.17. The first-order chi connectivity index (χ1) is 12.1. The van der Waals surface area contributed by atoms with E-state index in [0.717, 1.165) is 32.1 Å². The summed E-state index contributed by atoms with van der Waals surface area (Å²) >= 11 is 0. The quantitative estimate of drug-likeness (QED) is 0.898. The van der Waals surface area contributed by atoms with Crippen LogP contribution in [0.25, 0.3) is 0 Å². The van der Waals surface area contributed by atoms with Crippen LogP contribution in [0.5, 0.6) is 5.75 Å². The summed E-state index contributed by atoms with van der Waals surface area (Å²) in [4.78, 5) is 2.33. The molecule has 0 bridgehead atoms. The van der Waals surface area contributed by atoms with Gasteiger partial charge in [-0.1, -0.05) is 24.3 Å². The maximum absolute atomic E-state index is 14.1. The molecule has 2 aromatic carbocycles. The van der Waals surface area contributed by atoms with Gasteiger partial charge >= 0.3 is 0 Å². The van der Waals surface area contributed by atoms with Gasteiger partial charge in [-0.25, -0.2) is 8.78 Å². The number of nitrogens with zero attached hydrogens (tertiary/aromatic N) is 1. The van der Waals surface area contributed by atoms with Gasteiger partial charge in [-0.3, -0.25) is 4.90 Å². The maximum atomic E-state index is 14.1. The average molecular weight is 344 g/mol. The second-order valence-electron chi connectivity index (χ2n) is 6.82. The molecule has 2 aromatic rings. The summed E-state index contributed by atoms with van der Waals surface area (Å²) in [6, 6.07) is 10.9. The van der Waals surface area contributed by atoms with Crippen LogP contribution in [0.15, 0.2) is 36.4 Å². The minimum absolute atomic E-state index is 0.0115. The molecule has 0 radical (unpaired) electrons. The molecule has 132 valence electrons. The van der Waals surface area contributed by atoms with E-state index in [4.69, 9.17) is 4.74 Å². The maximum Gasteiger partial charge on any atom is 0.168 e. The molecule has 3 nitrogen and oxygen atoms in total. The van der Waals surface area contributed by atoms with Crippen LogP contribution in [-0.4, -0.2) is 31.1 Å². The molecule has 0 spiro atoms. The van der Waals surface area contributed by atoms with E-state index in [1.165, 1.54) is 17.2 Å². The van der Waals surface area contributed by atoms with Gasteiger partial charge in [-0.15, -0.1) is 0 Å². The van der Waals surface area contributed by atoms with Crippen LogP contribution in [0, 0.1) is 18.6 Å². The Hall–Kier alpha value is -1.98. The van der Waals surface area contributed by atoms with Gasteiger partial charge in [0.25, 0.3) is 0 Å². The van der Waals surface area contributed by atoms with Gasteiger partial charge in [0.1, 0.15) is 5.82 Å². The van der Waals surface area contributed by atoms with Gasteiger partial charge in [0.05, 0.1) is 6.61 Å². The van der Waals surface area contributed by atoms with Crippen LogP contribution >= 0.6 is 0 Å². The smallest absolute Gasteiger partial charge is 0.168 e. The lowest BCUT2D eigenvalue weighted by Crippen LogP contribution is -2.48. The molecule has 2 aliphatic heterocycles. The highest BCUT2D eigenvalue weighted by Gasteiger charge is 2.33. The Balaban J connectivity index is 1.62. The number of rotatable bonds is 2. The lowest BCUT2D eigenvalue weighted by Gasteiger charge is -2.41. The molecule has 1 fully saturated rings. The van der Waals surface area contributed by atoms with Crippen molar-refractivity contribution in [3.05, 3.63) is 64.7 Å². The monoisotopic (exact) mass is 344 g/mol. The third kappa shape index (κ3) is 3.14. The van der Waals surface area contributed by atoms with E-state index < -0.39 is 11.6 Å². The first-order valence-electron chi connectivity index (χ1n) is 8.78. The van der Waals surface area contributed by atoms with Crippen molar-refractivity contribution in [2.24, 2.45) is 0 Å². The number of fused-ring (bicyclic) bond motifs is 1. The molecule has 0 amide bonds. The number of aryl methyl sites for hydroxylation is 1. The van der Waals surface area contributed by atoms with Crippen LogP contribution in [0.1, 0.15) is 35.2 Å². The van der Waals surface area contributed by atoms with E-state index in [0.29, 0.717) is 12.2 Å². The largest absolute Gasteiger partial charge is 0.490 e. The third-order valence-corrected chi connectivity index (χ3v) is 5.25. The van der Waals surface area contributed by atoms with Crippen molar-refractivity contribution in [1.82, 2.24) is 10.2 Å². The Morgan fingerprint density at radius 1 is 1.16 bits per heavy atom. The summed E-state index contributed by atoms with van der Waals surface area (Å²) in [7, 11) is 0. The van der Waals surface area contributed by atoms with Gasteiger partial charge in [-0.2, -0.15) is 0 Å². The van der Waals surface area contributed by atoms with Crippen molar-refractivity contribution in [2.75, 3.05) is 26.2 Å². The zero-order valence-corrected chi connectivity index (χ0v) is 14.3. The SMILES string of the molecule is Cc1ccccc1[C@@H]1CN([C@H]2CCOc3c(F)cc(F)cc32)CCN1. The van der Waals surface area contributed by atoms with Crippen molar-refractivity contribution in [3.63, 3.8) is 0 Å². The average Bonchev–Trinajstić information content (AvgIpc) is 2.62. The number of nitrogens with one attached hydrogen (secondary N) is 1. The second kappa shape index (κ2) is 6.73. The Morgan fingerprint density at radius 3 is 2.84 bits per heavy atom. The molecule has 0 saturated carbocycles. The number of hydrogen-bond acceptors (Lipinski definition) is 3. The van der Waals surface area contributed by atoms with Gasteiger partial charge in [-0.05, 0) is 24.1 Å². The molecular weight excluding hydrogens is 322 g/mol. The summed E-state index contributed by atoms with van der Waals surface area (Å²) in [5.74, 6) is -0.939. The summed E-state index contributed by atoms with van der Waals surface area (Å²) in [6.45, 7) is 5.09. The molecule has 2 atom stereocenters. The van der Waals surface area contributed by atoms with Crippen molar-refractivity contribution in [3.8, 4) is 5.75 Å². The van der Waals surface area contributed by atoms with Gasteiger partial charge in [0.15, 0.2) is 11.6 Å². The molecule has 0 unspecified atom stereocenters. The lowest BCUT2D eigenvalue weighted by atomic mass is 9.94. The fraction of sp³-hybridized carbons (Fsp3) is 0.400.